The number of benzene rings is 2. The van der Waals surface area contributed by atoms with Crippen molar-refractivity contribution < 1.29 is 9.84 Å². The van der Waals surface area contributed by atoms with Gasteiger partial charge in [-0.15, -0.1) is 0 Å². The van der Waals surface area contributed by atoms with Crippen molar-refractivity contribution in [2.45, 2.75) is 32.8 Å². The smallest absolute Gasteiger partial charge is 0.132 e. The maximum Gasteiger partial charge on any atom is 0.132 e. The van der Waals surface area contributed by atoms with E-state index in [2.05, 4.69) is 26.0 Å². The summed E-state index contributed by atoms with van der Waals surface area (Å²) in [6.07, 6.45) is 1.13. The SMILES string of the molecule is CCC(C)c1ccc(Oc2ccccc2CO)cc1. The fourth-order valence-corrected chi connectivity index (χ4v) is 1.96. The number of para-hydroxylation sites is 1. The molecule has 0 aliphatic carbocycles. The van der Waals surface area contributed by atoms with Gasteiger partial charge in [0.25, 0.3) is 0 Å². The molecule has 0 spiro atoms. The van der Waals surface area contributed by atoms with E-state index < -0.39 is 0 Å². The molecule has 2 nitrogen and oxygen atoms in total. The second kappa shape index (κ2) is 6.39. The van der Waals surface area contributed by atoms with Crippen LogP contribution in [0.5, 0.6) is 11.5 Å². The first-order chi connectivity index (χ1) is 9.24. The number of hydrogen-bond donors (Lipinski definition) is 1. The summed E-state index contributed by atoms with van der Waals surface area (Å²) in [6, 6.07) is 15.7. The molecule has 2 rings (SSSR count). The van der Waals surface area contributed by atoms with Gasteiger partial charge in [0.1, 0.15) is 11.5 Å². The van der Waals surface area contributed by atoms with Crippen molar-refractivity contribution in [2.75, 3.05) is 0 Å². The Labute approximate surface area is 114 Å². The highest BCUT2D eigenvalue weighted by Crippen LogP contribution is 2.27. The molecule has 0 fully saturated rings. The van der Waals surface area contributed by atoms with E-state index in [-0.39, 0.29) is 6.61 Å². The number of aliphatic hydroxyl groups excluding tert-OH is 1. The van der Waals surface area contributed by atoms with Gasteiger partial charge in [0.2, 0.25) is 0 Å². The molecule has 0 bridgehead atoms. The fourth-order valence-electron chi connectivity index (χ4n) is 1.96. The highest BCUT2D eigenvalue weighted by molar-refractivity contribution is 5.38. The Morgan fingerprint density at radius 3 is 2.37 bits per heavy atom. The molecule has 0 aromatic heterocycles. The van der Waals surface area contributed by atoms with Crippen molar-refractivity contribution in [2.24, 2.45) is 0 Å². The zero-order valence-electron chi connectivity index (χ0n) is 11.5. The Morgan fingerprint density at radius 2 is 1.74 bits per heavy atom. The van der Waals surface area contributed by atoms with E-state index in [1.165, 1.54) is 5.56 Å². The molecule has 1 atom stereocenters. The van der Waals surface area contributed by atoms with E-state index >= 15 is 0 Å². The molecule has 2 aromatic rings. The lowest BCUT2D eigenvalue weighted by Crippen LogP contribution is -1.93. The molecule has 0 radical (unpaired) electrons. The predicted molar refractivity (Wildman–Crippen MR) is 77.6 cm³/mol. The third kappa shape index (κ3) is 3.36. The largest absolute Gasteiger partial charge is 0.457 e. The quantitative estimate of drug-likeness (QED) is 0.854. The van der Waals surface area contributed by atoms with E-state index in [0.29, 0.717) is 11.7 Å². The van der Waals surface area contributed by atoms with E-state index in [9.17, 15) is 5.11 Å². The zero-order valence-corrected chi connectivity index (χ0v) is 11.5. The summed E-state index contributed by atoms with van der Waals surface area (Å²) in [7, 11) is 0. The minimum atomic E-state index is -0.0128. The van der Waals surface area contributed by atoms with Gasteiger partial charge >= 0.3 is 0 Å². The number of aliphatic hydroxyl groups is 1. The molecule has 0 aliphatic heterocycles. The van der Waals surface area contributed by atoms with Crippen molar-refractivity contribution in [3.8, 4) is 11.5 Å². The van der Waals surface area contributed by atoms with Crippen LogP contribution in [-0.4, -0.2) is 5.11 Å². The molecule has 0 amide bonds. The number of hydrogen-bond acceptors (Lipinski definition) is 2. The van der Waals surface area contributed by atoms with Gasteiger partial charge in [-0.05, 0) is 36.1 Å². The fraction of sp³-hybridized carbons (Fsp3) is 0.294. The summed E-state index contributed by atoms with van der Waals surface area (Å²) < 4.78 is 5.81. The number of ether oxygens (including phenoxy) is 1. The van der Waals surface area contributed by atoms with Crippen LogP contribution in [0.3, 0.4) is 0 Å². The molecule has 1 N–H and O–H groups in total. The summed E-state index contributed by atoms with van der Waals surface area (Å²) in [4.78, 5) is 0. The van der Waals surface area contributed by atoms with Crippen LogP contribution in [0.15, 0.2) is 48.5 Å². The van der Waals surface area contributed by atoms with Gasteiger partial charge in [-0.1, -0.05) is 44.2 Å². The predicted octanol–water partition coefficient (Wildman–Crippen LogP) is 4.48. The molecule has 1 unspecified atom stereocenters. The molecular formula is C17H20O2. The Balaban J connectivity index is 2.15. The lowest BCUT2D eigenvalue weighted by atomic mass is 9.99. The van der Waals surface area contributed by atoms with Crippen molar-refractivity contribution >= 4 is 0 Å². The van der Waals surface area contributed by atoms with Crippen LogP contribution in [0.1, 0.15) is 37.3 Å². The van der Waals surface area contributed by atoms with Gasteiger partial charge in [0.05, 0.1) is 6.61 Å². The average Bonchev–Trinajstić information content (AvgIpc) is 2.48. The Bertz CT molecular complexity index is 517. The Hall–Kier alpha value is -1.80. The van der Waals surface area contributed by atoms with Crippen LogP contribution >= 0.6 is 0 Å². The maximum absolute atomic E-state index is 9.27. The van der Waals surface area contributed by atoms with Crippen LogP contribution in [-0.2, 0) is 6.61 Å². The van der Waals surface area contributed by atoms with E-state index in [1.54, 1.807) is 0 Å². The molecule has 0 saturated heterocycles. The molecule has 0 aliphatic rings. The second-order valence-electron chi connectivity index (χ2n) is 4.75. The first-order valence-electron chi connectivity index (χ1n) is 6.71. The van der Waals surface area contributed by atoms with E-state index in [0.717, 1.165) is 17.7 Å². The topological polar surface area (TPSA) is 29.5 Å². The van der Waals surface area contributed by atoms with Crippen molar-refractivity contribution in [3.63, 3.8) is 0 Å². The minimum Gasteiger partial charge on any atom is -0.457 e. The third-order valence-corrected chi connectivity index (χ3v) is 3.43. The summed E-state index contributed by atoms with van der Waals surface area (Å²) in [5.41, 5.74) is 2.12. The molecule has 2 heteroatoms. The van der Waals surface area contributed by atoms with Gasteiger partial charge in [-0.3, -0.25) is 0 Å². The van der Waals surface area contributed by atoms with Crippen LogP contribution in [0.25, 0.3) is 0 Å². The maximum atomic E-state index is 9.27. The monoisotopic (exact) mass is 256 g/mol. The van der Waals surface area contributed by atoms with Crippen molar-refractivity contribution in [1.29, 1.82) is 0 Å². The second-order valence-corrected chi connectivity index (χ2v) is 4.75. The lowest BCUT2D eigenvalue weighted by molar-refractivity contribution is 0.276. The summed E-state index contributed by atoms with van der Waals surface area (Å²) >= 11 is 0. The zero-order chi connectivity index (χ0) is 13.7. The van der Waals surface area contributed by atoms with Crippen LogP contribution in [0, 0.1) is 0 Å². The molecule has 0 heterocycles. The molecule has 2 aromatic carbocycles. The molecule has 0 saturated carbocycles. The van der Waals surface area contributed by atoms with Gasteiger partial charge < -0.3 is 9.84 Å². The van der Waals surface area contributed by atoms with Crippen LogP contribution in [0.4, 0.5) is 0 Å². The Morgan fingerprint density at radius 1 is 1.05 bits per heavy atom. The highest BCUT2D eigenvalue weighted by atomic mass is 16.5. The summed E-state index contributed by atoms with van der Waals surface area (Å²) in [5, 5.41) is 9.27. The summed E-state index contributed by atoms with van der Waals surface area (Å²) in [6.45, 7) is 4.39. The van der Waals surface area contributed by atoms with Crippen molar-refractivity contribution in [1.82, 2.24) is 0 Å². The number of rotatable bonds is 5. The normalized spacial score (nSPS) is 12.2. The van der Waals surface area contributed by atoms with E-state index in [4.69, 9.17) is 4.74 Å². The van der Waals surface area contributed by atoms with Crippen LogP contribution in [0.2, 0.25) is 0 Å². The third-order valence-electron chi connectivity index (χ3n) is 3.43. The van der Waals surface area contributed by atoms with Gasteiger partial charge in [0.15, 0.2) is 0 Å². The average molecular weight is 256 g/mol. The van der Waals surface area contributed by atoms with Gasteiger partial charge in [0, 0.05) is 5.56 Å². The molecule has 19 heavy (non-hydrogen) atoms. The minimum absolute atomic E-state index is 0.0128. The van der Waals surface area contributed by atoms with Crippen LogP contribution < -0.4 is 4.74 Å². The standard InChI is InChI=1S/C17H20O2/c1-3-13(2)14-8-10-16(11-9-14)19-17-7-5-4-6-15(17)12-18/h4-11,13,18H,3,12H2,1-2H3. The highest BCUT2D eigenvalue weighted by Gasteiger charge is 2.05. The summed E-state index contributed by atoms with van der Waals surface area (Å²) in [5.74, 6) is 2.08. The molecular weight excluding hydrogens is 236 g/mol. The van der Waals surface area contributed by atoms with E-state index in [1.807, 2.05) is 36.4 Å². The van der Waals surface area contributed by atoms with Gasteiger partial charge in [-0.2, -0.15) is 0 Å². The lowest BCUT2D eigenvalue weighted by Gasteiger charge is -2.12. The Kier molecular flexibility index (Phi) is 4.58. The van der Waals surface area contributed by atoms with Crippen molar-refractivity contribution in [3.05, 3.63) is 59.7 Å². The van der Waals surface area contributed by atoms with Gasteiger partial charge in [-0.25, -0.2) is 0 Å². The first kappa shape index (κ1) is 13.6. The molecule has 100 valence electrons. The first-order valence-corrected chi connectivity index (χ1v) is 6.71.